The quantitative estimate of drug-likeness (QED) is 0.879. The summed E-state index contributed by atoms with van der Waals surface area (Å²) in [6.45, 7) is 3.63. The van der Waals surface area contributed by atoms with E-state index in [-0.39, 0.29) is 30.7 Å². The fourth-order valence-corrected chi connectivity index (χ4v) is 1.99. The highest BCUT2D eigenvalue weighted by Gasteiger charge is 2.15. The maximum atomic E-state index is 12.0. The summed E-state index contributed by atoms with van der Waals surface area (Å²) in [5.74, 6) is 0.882. The van der Waals surface area contributed by atoms with Gasteiger partial charge in [0, 0.05) is 26.2 Å². The molecule has 1 aromatic carbocycles. The van der Waals surface area contributed by atoms with Crippen LogP contribution in [0.2, 0.25) is 0 Å². The van der Waals surface area contributed by atoms with E-state index in [1.54, 1.807) is 7.11 Å². The van der Waals surface area contributed by atoms with Gasteiger partial charge in [-0.3, -0.25) is 4.79 Å². The van der Waals surface area contributed by atoms with Gasteiger partial charge in [0.25, 0.3) is 0 Å². The van der Waals surface area contributed by atoms with Crippen molar-refractivity contribution in [2.24, 2.45) is 0 Å². The highest BCUT2D eigenvalue weighted by atomic mass is 35.5. The number of nitrogens with zero attached hydrogens (tertiary/aromatic N) is 1. The topological polar surface area (TPSA) is 53.6 Å². The number of carbonyl (C=O) groups excluding carboxylic acids is 1. The minimum absolute atomic E-state index is 0. The lowest BCUT2D eigenvalue weighted by atomic mass is 10.3. The van der Waals surface area contributed by atoms with Crippen molar-refractivity contribution in [3.05, 3.63) is 24.3 Å². The summed E-state index contributed by atoms with van der Waals surface area (Å²) >= 11 is 0. The Morgan fingerprint density at radius 1 is 1.30 bits per heavy atom. The van der Waals surface area contributed by atoms with E-state index in [0.29, 0.717) is 6.54 Å². The number of para-hydroxylation sites is 2. The highest BCUT2D eigenvalue weighted by Crippen LogP contribution is 2.22. The van der Waals surface area contributed by atoms with Crippen molar-refractivity contribution in [3.8, 4) is 5.75 Å². The van der Waals surface area contributed by atoms with E-state index < -0.39 is 0 Å². The minimum Gasteiger partial charge on any atom is -0.495 e. The van der Waals surface area contributed by atoms with Crippen molar-refractivity contribution in [2.45, 2.75) is 0 Å². The summed E-state index contributed by atoms with van der Waals surface area (Å²) in [7, 11) is 1.62. The number of carbonyl (C=O) groups is 1. The van der Waals surface area contributed by atoms with Crippen LogP contribution < -0.4 is 15.4 Å². The molecule has 0 aromatic heterocycles. The molecule has 2 rings (SSSR count). The molecule has 1 aliphatic rings. The summed E-state index contributed by atoms with van der Waals surface area (Å²) in [6, 6.07) is 7.60. The van der Waals surface area contributed by atoms with Gasteiger partial charge in [-0.15, -0.1) is 24.8 Å². The number of nitrogens with one attached hydrogen (secondary N) is 2. The number of halogens is 2. The van der Waals surface area contributed by atoms with E-state index in [0.717, 1.165) is 37.6 Å². The second-order valence-electron chi connectivity index (χ2n) is 4.18. The number of rotatable bonds is 4. The molecular formula is C13H21Cl2N3O2. The van der Waals surface area contributed by atoms with E-state index in [2.05, 4.69) is 10.6 Å². The zero-order chi connectivity index (χ0) is 12.8. The fourth-order valence-electron chi connectivity index (χ4n) is 1.99. The van der Waals surface area contributed by atoms with Gasteiger partial charge in [0.05, 0.1) is 19.3 Å². The van der Waals surface area contributed by atoms with Crippen LogP contribution in [-0.4, -0.2) is 50.6 Å². The van der Waals surface area contributed by atoms with Crippen LogP contribution in [0, 0.1) is 0 Å². The van der Waals surface area contributed by atoms with Gasteiger partial charge in [-0.25, -0.2) is 0 Å². The fraction of sp³-hybridized carbons (Fsp3) is 0.462. The molecule has 1 saturated heterocycles. The number of hydrogen-bond acceptors (Lipinski definition) is 4. The first-order chi connectivity index (χ1) is 8.81. The van der Waals surface area contributed by atoms with Gasteiger partial charge >= 0.3 is 0 Å². The molecule has 20 heavy (non-hydrogen) atoms. The van der Waals surface area contributed by atoms with Crippen LogP contribution in [0.5, 0.6) is 5.75 Å². The lowest BCUT2D eigenvalue weighted by Crippen LogP contribution is -2.48. The number of amides is 1. The van der Waals surface area contributed by atoms with Crippen LogP contribution in [0.4, 0.5) is 5.69 Å². The maximum Gasteiger partial charge on any atom is 0.241 e. The average molecular weight is 322 g/mol. The van der Waals surface area contributed by atoms with Gasteiger partial charge in [0.1, 0.15) is 5.75 Å². The van der Waals surface area contributed by atoms with Crippen LogP contribution in [0.15, 0.2) is 24.3 Å². The first kappa shape index (κ1) is 18.8. The molecule has 5 nitrogen and oxygen atoms in total. The Kier molecular flexibility index (Phi) is 9.12. The molecule has 114 valence electrons. The average Bonchev–Trinajstić information content (AvgIpc) is 2.46. The normalized spacial score (nSPS) is 13.8. The number of anilines is 1. The molecule has 0 spiro atoms. The molecule has 0 bridgehead atoms. The van der Waals surface area contributed by atoms with E-state index in [1.807, 2.05) is 29.2 Å². The van der Waals surface area contributed by atoms with Crippen LogP contribution in [0.3, 0.4) is 0 Å². The standard InChI is InChI=1S/C13H19N3O2.2ClH/c1-18-12-5-3-2-4-11(12)15-10-13(17)16-8-6-14-7-9-16;;/h2-5,14-15H,6-10H2,1H3;2*1H. The highest BCUT2D eigenvalue weighted by molar-refractivity contribution is 5.85. The molecule has 0 aliphatic carbocycles. The number of hydrogen-bond donors (Lipinski definition) is 2. The molecule has 0 unspecified atom stereocenters. The van der Waals surface area contributed by atoms with E-state index in [4.69, 9.17) is 4.74 Å². The third kappa shape index (κ3) is 5.07. The molecule has 1 aliphatic heterocycles. The van der Waals surface area contributed by atoms with Crippen molar-refractivity contribution in [3.63, 3.8) is 0 Å². The molecule has 0 atom stereocenters. The molecule has 0 saturated carbocycles. The monoisotopic (exact) mass is 321 g/mol. The van der Waals surface area contributed by atoms with Gasteiger partial charge in [-0.1, -0.05) is 12.1 Å². The van der Waals surface area contributed by atoms with Crippen molar-refractivity contribution >= 4 is 36.4 Å². The van der Waals surface area contributed by atoms with Crippen molar-refractivity contribution in [1.82, 2.24) is 10.2 Å². The number of piperazine rings is 1. The summed E-state index contributed by atoms with van der Waals surface area (Å²) in [4.78, 5) is 13.8. The second kappa shape index (κ2) is 9.69. The van der Waals surface area contributed by atoms with Gasteiger partial charge in [0.15, 0.2) is 0 Å². The Morgan fingerprint density at radius 2 is 1.95 bits per heavy atom. The first-order valence-corrected chi connectivity index (χ1v) is 6.16. The lowest BCUT2D eigenvalue weighted by Gasteiger charge is -2.27. The van der Waals surface area contributed by atoms with Crippen molar-refractivity contribution in [1.29, 1.82) is 0 Å². The predicted octanol–water partition coefficient (Wildman–Crippen LogP) is 1.38. The molecule has 7 heteroatoms. The van der Waals surface area contributed by atoms with Gasteiger partial charge in [0.2, 0.25) is 5.91 Å². The summed E-state index contributed by atoms with van der Waals surface area (Å²) in [5.41, 5.74) is 0.850. The van der Waals surface area contributed by atoms with E-state index >= 15 is 0 Å². The van der Waals surface area contributed by atoms with Crippen molar-refractivity contribution < 1.29 is 9.53 Å². The molecule has 0 radical (unpaired) electrons. The third-order valence-corrected chi connectivity index (χ3v) is 3.01. The summed E-state index contributed by atoms with van der Waals surface area (Å²) in [6.07, 6.45) is 0. The van der Waals surface area contributed by atoms with Gasteiger partial charge in [-0.2, -0.15) is 0 Å². The first-order valence-electron chi connectivity index (χ1n) is 6.16. The van der Waals surface area contributed by atoms with Crippen LogP contribution in [-0.2, 0) is 4.79 Å². The Bertz CT molecular complexity index is 412. The lowest BCUT2D eigenvalue weighted by molar-refractivity contribution is -0.129. The number of methoxy groups -OCH3 is 1. The Hall–Kier alpha value is -1.17. The molecule has 2 N–H and O–H groups in total. The summed E-state index contributed by atoms with van der Waals surface area (Å²) < 4.78 is 5.23. The maximum absolute atomic E-state index is 12.0. The minimum atomic E-state index is 0. The van der Waals surface area contributed by atoms with Crippen LogP contribution in [0.25, 0.3) is 0 Å². The molecule has 1 fully saturated rings. The smallest absolute Gasteiger partial charge is 0.241 e. The Morgan fingerprint density at radius 3 is 2.60 bits per heavy atom. The molecule has 1 aromatic rings. The van der Waals surface area contributed by atoms with Crippen molar-refractivity contribution in [2.75, 3.05) is 45.2 Å². The van der Waals surface area contributed by atoms with Crippen LogP contribution in [0.1, 0.15) is 0 Å². The predicted molar refractivity (Wildman–Crippen MR) is 85.4 cm³/mol. The number of benzene rings is 1. The third-order valence-electron chi connectivity index (χ3n) is 3.01. The van der Waals surface area contributed by atoms with E-state index in [1.165, 1.54) is 0 Å². The molecular weight excluding hydrogens is 301 g/mol. The van der Waals surface area contributed by atoms with E-state index in [9.17, 15) is 4.79 Å². The summed E-state index contributed by atoms with van der Waals surface area (Å²) in [5, 5.41) is 6.35. The number of ether oxygens (including phenoxy) is 1. The zero-order valence-corrected chi connectivity index (χ0v) is 13.1. The molecule has 1 amide bonds. The molecule has 1 heterocycles. The van der Waals surface area contributed by atoms with Gasteiger partial charge in [-0.05, 0) is 12.1 Å². The Labute approximate surface area is 131 Å². The Balaban J connectivity index is 0.00000180. The zero-order valence-electron chi connectivity index (χ0n) is 11.4. The largest absolute Gasteiger partial charge is 0.495 e. The van der Waals surface area contributed by atoms with Crippen LogP contribution >= 0.6 is 24.8 Å². The SMILES string of the molecule is COc1ccccc1NCC(=O)N1CCNCC1.Cl.Cl. The van der Waals surface area contributed by atoms with Gasteiger partial charge < -0.3 is 20.3 Å². The second-order valence-corrected chi connectivity index (χ2v) is 4.18.